The van der Waals surface area contributed by atoms with Gasteiger partial charge < -0.3 is 24.6 Å². The number of piperidine rings is 1. The van der Waals surface area contributed by atoms with E-state index in [4.69, 9.17) is 37.7 Å². The van der Waals surface area contributed by atoms with Gasteiger partial charge in [0.15, 0.2) is 0 Å². The molecule has 2 aliphatic rings. The number of carbonyl (C=O) groups excluding carboxylic acids is 2. The Morgan fingerprint density at radius 1 is 1.17 bits per heavy atom. The van der Waals surface area contributed by atoms with Crippen LogP contribution in [0.3, 0.4) is 0 Å². The fourth-order valence-corrected chi connectivity index (χ4v) is 5.64. The van der Waals surface area contributed by atoms with Crippen LogP contribution in [0.15, 0.2) is 24.4 Å². The molecule has 0 atom stereocenters. The number of methoxy groups -OCH3 is 2. The minimum absolute atomic E-state index is 0.0370. The number of anilines is 3. The van der Waals surface area contributed by atoms with E-state index in [0.29, 0.717) is 55.7 Å². The van der Waals surface area contributed by atoms with Crippen molar-refractivity contribution >= 4 is 52.6 Å². The molecule has 13 heteroatoms. The number of benzene rings is 1. The van der Waals surface area contributed by atoms with Gasteiger partial charge in [0.1, 0.15) is 27.4 Å². The van der Waals surface area contributed by atoms with E-state index in [1.54, 1.807) is 23.2 Å². The van der Waals surface area contributed by atoms with E-state index in [1.807, 2.05) is 43.8 Å². The van der Waals surface area contributed by atoms with E-state index < -0.39 is 0 Å². The molecule has 1 fully saturated rings. The molecule has 3 heterocycles. The van der Waals surface area contributed by atoms with Gasteiger partial charge in [0.25, 0.3) is 0 Å². The zero-order valence-electron chi connectivity index (χ0n) is 24.3. The number of hydrogen-bond donors (Lipinski definition) is 1. The number of likely N-dealkylation sites (N-methyl/N-ethyl adjacent to an activating group) is 1. The van der Waals surface area contributed by atoms with Crippen molar-refractivity contribution in [1.82, 2.24) is 19.8 Å². The van der Waals surface area contributed by atoms with Crippen molar-refractivity contribution in [2.24, 2.45) is 0 Å². The Balaban J connectivity index is 1.70. The first kappa shape index (κ1) is 30.7. The van der Waals surface area contributed by atoms with E-state index in [-0.39, 0.29) is 46.3 Å². The van der Waals surface area contributed by atoms with Gasteiger partial charge in [-0.15, -0.1) is 0 Å². The molecule has 0 bridgehead atoms. The quantitative estimate of drug-likeness (QED) is 0.411. The number of hydrogen-bond acceptors (Lipinski definition) is 8. The number of halogens is 2. The molecule has 11 nitrogen and oxygen atoms in total. The van der Waals surface area contributed by atoms with Crippen LogP contribution >= 0.6 is 23.2 Å². The van der Waals surface area contributed by atoms with Crippen molar-refractivity contribution in [2.75, 3.05) is 63.1 Å². The fraction of sp³-hybridized carbons (Fsp3) is 0.500. The van der Waals surface area contributed by atoms with Crippen LogP contribution in [0.5, 0.6) is 11.5 Å². The normalized spacial score (nSPS) is 16.1. The second-order valence-electron chi connectivity index (χ2n) is 10.6. The largest absolute Gasteiger partial charge is 0.495 e. The molecule has 1 saturated heterocycles. The smallest absolute Gasteiger partial charge is 0.330 e. The number of ether oxygens (including phenoxy) is 2. The molecule has 1 aromatic carbocycles. The number of urea groups is 1. The highest BCUT2D eigenvalue weighted by atomic mass is 35.5. The predicted molar refractivity (Wildman–Crippen MR) is 162 cm³/mol. The highest BCUT2D eigenvalue weighted by Gasteiger charge is 2.41. The Morgan fingerprint density at radius 3 is 2.37 bits per heavy atom. The Labute approximate surface area is 251 Å². The van der Waals surface area contributed by atoms with Crippen LogP contribution in [-0.2, 0) is 11.3 Å². The van der Waals surface area contributed by atoms with Crippen molar-refractivity contribution in [3.8, 4) is 11.5 Å². The molecule has 3 amide bonds. The van der Waals surface area contributed by atoms with Crippen LogP contribution in [0.4, 0.5) is 22.2 Å². The Kier molecular flexibility index (Phi) is 9.83. The van der Waals surface area contributed by atoms with Crippen molar-refractivity contribution in [3.63, 3.8) is 0 Å². The van der Waals surface area contributed by atoms with Crippen molar-refractivity contribution in [1.29, 1.82) is 0 Å². The molecule has 0 saturated carbocycles. The van der Waals surface area contributed by atoms with Crippen LogP contribution in [0.1, 0.15) is 32.3 Å². The second-order valence-corrected chi connectivity index (χ2v) is 11.3. The summed E-state index contributed by atoms with van der Waals surface area (Å²) in [6, 6.07) is 1.14. The Hall–Kier alpha value is -3.28. The van der Waals surface area contributed by atoms with Crippen LogP contribution in [0.2, 0.25) is 10.0 Å². The second kappa shape index (κ2) is 13.1. The Bertz CT molecular complexity index is 1280. The zero-order chi connectivity index (χ0) is 29.8. The Morgan fingerprint density at radius 2 is 1.80 bits per heavy atom. The third-order valence-electron chi connectivity index (χ3n) is 6.95. The molecule has 1 aromatic heterocycles. The van der Waals surface area contributed by atoms with Gasteiger partial charge in [-0.1, -0.05) is 29.3 Å². The van der Waals surface area contributed by atoms with Crippen LogP contribution in [0.25, 0.3) is 0 Å². The minimum atomic E-state index is -0.332. The maximum Gasteiger partial charge on any atom is 0.330 e. The molecule has 4 rings (SSSR count). The van der Waals surface area contributed by atoms with E-state index in [1.165, 1.54) is 19.1 Å². The first-order valence-electron chi connectivity index (χ1n) is 13.5. The molecule has 2 aromatic rings. The molecular formula is C28H37Cl2N7O4. The van der Waals surface area contributed by atoms with Gasteiger partial charge in [-0.2, -0.15) is 4.98 Å². The van der Waals surface area contributed by atoms with Gasteiger partial charge in [0, 0.05) is 55.6 Å². The van der Waals surface area contributed by atoms with Gasteiger partial charge in [0.2, 0.25) is 11.9 Å². The highest BCUT2D eigenvalue weighted by molar-refractivity contribution is 6.42. The van der Waals surface area contributed by atoms with Gasteiger partial charge >= 0.3 is 6.03 Å². The summed E-state index contributed by atoms with van der Waals surface area (Å²) in [7, 11) is 6.87. The van der Waals surface area contributed by atoms with Crippen molar-refractivity contribution < 1.29 is 19.1 Å². The molecule has 222 valence electrons. The van der Waals surface area contributed by atoms with Gasteiger partial charge in [0.05, 0.1) is 26.5 Å². The van der Waals surface area contributed by atoms with Crippen LogP contribution in [-0.4, -0.2) is 91.7 Å². The van der Waals surface area contributed by atoms with Crippen LogP contribution in [0, 0.1) is 0 Å². The number of carbonyl (C=O) groups is 2. The first-order valence-corrected chi connectivity index (χ1v) is 14.2. The maximum atomic E-state index is 14.3. The van der Waals surface area contributed by atoms with Crippen molar-refractivity contribution in [2.45, 2.75) is 45.3 Å². The molecule has 2 aliphatic heterocycles. The molecule has 0 unspecified atom stereocenters. The summed E-state index contributed by atoms with van der Waals surface area (Å²) in [5, 5.41) is 3.61. The van der Waals surface area contributed by atoms with E-state index in [2.05, 4.69) is 10.3 Å². The molecule has 0 spiro atoms. The molecule has 41 heavy (non-hydrogen) atoms. The zero-order valence-corrected chi connectivity index (χ0v) is 25.8. The average Bonchev–Trinajstić information content (AvgIpc) is 2.93. The number of rotatable bonds is 9. The fourth-order valence-electron chi connectivity index (χ4n) is 4.93. The predicted octanol–water partition coefficient (Wildman–Crippen LogP) is 4.68. The summed E-state index contributed by atoms with van der Waals surface area (Å²) in [5.74, 6) is 1.58. The molecular weight excluding hydrogens is 569 g/mol. The van der Waals surface area contributed by atoms with Gasteiger partial charge in [-0.05, 0) is 40.8 Å². The number of aromatic nitrogens is 2. The maximum absolute atomic E-state index is 14.3. The SMILES string of the molecule is COc1cc(OC)c(Cl)c(N2Cc3cnc(NC(C)C)nc3N(C3CCN(C(=O)C=CCN(C)C)CC3)C2=O)c1Cl. The van der Waals surface area contributed by atoms with E-state index in [0.717, 1.165) is 5.56 Å². The van der Waals surface area contributed by atoms with Gasteiger partial charge in [-0.25, -0.2) is 9.78 Å². The first-order chi connectivity index (χ1) is 19.5. The topological polar surface area (TPSA) is 103 Å². The highest BCUT2D eigenvalue weighted by Crippen LogP contribution is 2.48. The number of nitrogens with one attached hydrogen (secondary N) is 1. The molecule has 0 aliphatic carbocycles. The number of fused-ring (bicyclic) bond motifs is 1. The summed E-state index contributed by atoms with van der Waals surface area (Å²) in [6.07, 6.45) is 6.33. The molecule has 0 radical (unpaired) electrons. The summed E-state index contributed by atoms with van der Waals surface area (Å²) >= 11 is 13.5. The van der Waals surface area contributed by atoms with Crippen LogP contribution < -0.4 is 24.6 Å². The van der Waals surface area contributed by atoms with E-state index >= 15 is 0 Å². The third kappa shape index (κ3) is 6.63. The van der Waals surface area contributed by atoms with Crippen molar-refractivity contribution in [3.05, 3.63) is 40.0 Å². The minimum Gasteiger partial charge on any atom is -0.495 e. The van der Waals surface area contributed by atoms with Gasteiger partial charge in [-0.3, -0.25) is 14.6 Å². The lowest BCUT2D eigenvalue weighted by Crippen LogP contribution is -2.55. The molecule has 1 N–H and O–H groups in total. The third-order valence-corrected chi connectivity index (χ3v) is 7.68. The summed E-state index contributed by atoms with van der Waals surface area (Å²) in [4.78, 5) is 43.3. The lowest BCUT2D eigenvalue weighted by atomic mass is 10.0. The summed E-state index contributed by atoms with van der Waals surface area (Å²) in [5.41, 5.74) is 1.02. The summed E-state index contributed by atoms with van der Waals surface area (Å²) < 4.78 is 10.9. The number of amides is 3. The standard InChI is InChI=1S/C28H37Cl2N7O4/c1-17(2)32-27-31-15-18-16-36(25-23(29)20(40-5)14-21(41-6)24(25)30)28(39)37(26(18)33-27)19-9-12-35(13-10-19)22(38)8-7-11-34(3)4/h7-8,14-15,17,19H,9-13,16H2,1-6H3,(H,31,32,33). The number of likely N-dealkylation sites (tertiary alicyclic amines) is 1. The lowest BCUT2D eigenvalue weighted by Gasteiger charge is -2.43. The monoisotopic (exact) mass is 605 g/mol. The summed E-state index contributed by atoms with van der Waals surface area (Å²) in [6.45, 7) is 5.83. The number of nitrogens with zero attached hydrogens (tertiary/aromatic N) is 6. The van der Waals surface area contributed by atoms with E-state index in [9.17, 15) is 9.59 Å². The average molecular weight is 607 g/mol. The lowest BCUT2D eigenvalue weighted by molar-refractivity contribution is -0.127.